The number of ether oxygens (including phenoxy) is 1. The van der Waals surface area contributed by atoms with E-state index in [1.807, 2.05) is 0 Å². The van der Waals surface area contributed by atoms with Gasteiger partial charge in [0, 0.05) is 6.54 Å². The van der Waals surface area contributed by atoms with Crippen LogP contribution in [0.5, 0.6) is 6.01 Å². The quantitative estimate of drug-likeness (QED) is 0.939. The molecule has 0 unspecified atom stereocenters. The molecule has 2 aromatic rings. The van der Waals surface area contributed by atoms with Gasteiger partial charge in [-0.15, -0.1) is 11.3 Å². The molecule has 0 aliphatic rings. The molecule has 102 valence electrons. The summed E-state index contributed by atoms with van der Waals surface area (Å²) in [5, 5.41) is 1.76. The van der Waals surface area contributed by atoms with E-state index < -0.39 is 11.9 Å². The lowest BCUT2D eigenvalue weighted by molar-refractivity contribution is -0.141. The first-order valence-electron chi connectivity index (χ1n) is 5.33. The van der Waals surface area contributed by atoms with E-state index >= 15 is 0 Å². The number of hydrogen-bond donors (Lipinski definition) is 1. The van der Waals surface area contributed by atoms with Gasteiger partial charge < -0.3 is 10.5 Å². The monoisotopic (exact) mass is 289 g/mol. The number of nitrogens with two attached hydrogens (primary N) is 1. The summed E-state index contributed by atoms with van der Waals surface area (Å²) < 4.78 is 43.2. The van der Waals surface area contributed by atoms with Crippen LogP contribution in [-0.4, -0.2) is 23.1 Å². The summed E-state index contributed by atoms with van der Waals surface area (Å²) in [5.41, 5.74) is 4.39. The van der Waals surface area contributed by atoms with Gasteiger partial charge in [-0.05, 0) is 17.5 Å². The van der Waals surface area contributed by atoms with Gasteiger partial charge in [0.25, 0.3) is 0 Å². The Kier molecular flexibility index (Phi) is 4.01. The summed E-state index contributed by atoms with van der Waals surface area (Å²) in [7, 11) is 0. The zero-order valence-electron chi connectivity index (χ0n) is 9.65. The Morgan fingerprint density at radius 1 is 1.32 bits per heavy atom. The van der Waals surface area contributed by atoms with Crippen molar-refractivity contribution >= 4 is 11.3 Å². The average Bonchev–Trinajstić information content (AvgIpc) is 2.89. The summed E-state index contributed by atoms with van der Waals surface area (Å²) in [5.74, 6) is 0. The molecule has 2 rings (SSSR count). The van der Waals surface area contributed by atoms with Crippen LogP contribution in [-0.2, 0) is 6.18 Å². The molecule has 0 amide bonds. The van der Waals surface area contributed by atoms with Crippen molar-refractivity contribution in [2.45, 2.75) is 6.18 Å². The van der Waals surface area contributed by atoms with Crippen LogP contribution in [0.15, 0.2) is 23.6 Å². The fourth-order valence-electron chi connectivity index (χ4n) is 1.34. The van der Waals surface area contributed by atoms with Crippen molar-refractivity contribution in [2.24, 2.45) is 5.73 Å². The van der Waals surface area contributed by atoms with Crippen LogP contribution in [0, 0.1) is 0 Å². The SMILES string of the molecule is NCCOc1nc(-c2cccs2)cc(C(F)(F)F)n1. The largest absolute Gasteiger partial charge is 0.462 e. The third-order valence-electron chi connectivity index (χ3n) is 2.12. The predicted octanol–water partition coefficient (Wildman–Crippen LogP) is 2.56. The summed E-state index contributed by atoms with van der Waals surface area (Å²) >= 11 is 1.29. The molecule has 0 saturated heterocycles. The van der Waals surface area contributed by atoms with Gasteiger partial charge in [0.05, 0.1) is 10.6 Å². The van der Waals surface area contributed by atoms with Crippen LogP contribution in [0.1, 0.15) is 5.69 Å². The molecule has 0 atom stereocenters. The minimum absolute atomic E-state index is 0.0607. The van der Waals surface area contributed by atoms with E-state index in [2.05, 4.69) is 9.97 Å². The normalized spacial score (nSPS) is 11.6. The van der Waals surface area contributed by atoms with Crippen LogP contribution in [0.3, 0.4) is 0 Å². The summed E-state index contributed by atoms with van der Waals surface area (Å²) in [6.45, 7) is 0.235. The van der Waals surface area contributed by atoms with E-state index in [-0.39, 0.29) is 24.9 Å². The first-order chi connectivity index (χ1) is 9.00. The molecular weight excluding hydrogens is 279 g/mol. The maximum atomic E-state index is 12.7. The van der Waals surface area contributed by atoms with Crippen molar-refractivity contribution < 1.29 is 17.9 Å². The van der Waals surface area contributed by atoms with E-state index in [9.17, 15) is 13.2 Å². The molecule has 0 aliphatic carbocycles. The lowest BCUT2D eigenvalue weighted by Crippen LogP contribution is -2.15. The number of halogens is 3. The van der Waals surface area contributed by atoms with Gasteiger partial charge in [0.15, 0.2) is 5.69 Å². The first kappa shape index (κ1) is 13.8. The summed E-state index contributed by atoms with van der Waals surface area (Å²) in [4.78, 5) is 7.91. The topological polar surface area (TPSA) is 61.0 Å². The van der Waals surface area contributed by atoms with Crippen molar-refractivity contribution in [3.05, 3.63) is 29.3 Å². The summed E-state index contributed by atoms with van der Waals surface area (Å²) in [6.07, 6.45) is -4.55. The third-order valence-corrected chi connectivity index (χ3v) is 3.01. The molecule has 2 N–H and O–H groups in total. The highest BCUT2D eigenvalue weighted by atomic mass is 32.1. The predicted molar refractivity (Wildman–Crippen MR) is 64.9 cm³/mol. The maximum Gasteiger partial charge on any atom is 0.433 e. The Morgan fingerprint density at radius 2 is 2.11 bits per heavy atom. The zero-order chi connectivity index (χ0) is 13.9. The molecule has 0 aliphatic heterocycles. The number of rotatable bonds is 4. The zero-order valence-corrected chi connectivity index (χ0v) is 10.5. The Bertz CT molecular complexity index is 543. The number of hydrogen-bond acceptors (Lipinski definition) is 5. The lowest BCUT2D eigenvalue weighted by atomic mass is 10.3. The number of aromatic nitrogens is 2. The molecule has 19 heavy (non-hydrogen) atoms. The molecule has 0 bridgehead atoms. The maximum absolute atomic E-state index is 12.7. The molecule has 0 aromatic carbocycles. The van der Waals surface area contributed by atoms with Gasteiger partial charge in [-0.1, -0.05) is 6.07 Å². The Balaban J connectivity index is 2.43. The smallest absolute Gasteiger partial charge is 0.433 e. The highest BCUT2D eigenvalue weighted by Crippen LogP contribution is 2.32. The molecule has 2 heterocycles. The standard InChI is InChI=1S/C11H10F3N3OS/c12-11(13,14)9-6-7(8-2-1-5-19-8)16-10(17-9)18-4-3-15/h1-2,5-6H,3-4,15H2. The summed E-state index contributed by atoms with van der Waals surface area (Å²) in [6, 6.07) is 4.00. The Hall–Kier alpha value is -1.67. The van der Waals surface area contributed by atoms with Crippen molar-refractivity contribution in [1.82, 2.24) is 9.97 Å². The third kappa shape index (κ3) is 3.42. The van der Waals surface area contributed by atoms with Crippen molar-refractivity contribution in [3.8, 4) is 16.6 Å². The van der Waals surface area contributed by atoms with Crippen LogP contribution in [0.4, 0.5) is 13.2 Å². The van der Waals surface area contributed by atoms with E-state index in [0.29, 0.717) is 4.88 Å². The van der Waals surface area contributed by atoms with Gasteiger partial charge in [0.2, 0.25) is 0 Å². The van der Waals surface area contributed by atoms with Crippen molar-refractivity contribution in [2.75, 3.05) is 13.2 Å². The van der Waals surface area contributed by atoms with Crippen LogP contribution in [0.25, 0.3) is 10.6 Å². The first-order valence-corrected chi connectivity index (χ1v) is 6.21. The van der Waals surface area contributed by atoms with Crippen LogP contribution < -0.4 is 10.5 Å². The van der Waals surface area contributed by atoms with Gasteiger partial charge in [0.1, 0.15) is 6.61 Å². The van der Waals surface area contributed by atoms with E-state index in [4.69, 9.17) is 10.5 Å². The van der Waals surface area contributed by atoms with Gasteiger partial charge in [-0.25, -0.2) is 0 Å². The van der Waals surface area contributed by atoms with Crippen LogP contribution in [0.2, 0.25) is 0 Å². The van der Waals surface area contributed by atoms with Crippen molar-refractivity contribution in [1.29, 1.82) is 0 Å². The molecule has 0 radical (unpaired) electrons. The molecule has 8 heteroatoms. The van der Waals surface area contributed by atoms with Gasteiger partial charge in [-0.3, -0.25) is 0 Å². The van der Waals surface area contributed by atoms with E-state index in [1.54, 1.807) is 17.5 Å². The van der Waals surface area contributed by atoms with Gasteiger partial charge >= 0.3 is 12.2 Å². The molecule has 0 spiro atoms. The molecule has 0 saturated carbocycles. The van der Waals surface area contributed by atoms with Gasteiger partial charge in [-0.2, -0.15) is 23.1 Å². The Labute approximate surface area is 111 Å². The minimum Gasteiger partial charge on any atom is -0.462 e. The fourth-order valence-corrected chi connectivity index (χ4v) is 2.02. The Morgan fingerprint density at radius 3 is 2.68 bits per heavy atom. The second-order valence-electron chi connectivity index (χ2n) is 3.53. The number of nitrogens with zero attached hydrogens (tertiary/aromatic N) is 2. The second-order valence-corrected chi connectivity index (χ2v) is 4.48. The molecule has 2 aromatic heterocycles. The van der Waals surface area contributed by atoms with Crippen molar-refractivity contribution in [3.63, 3.8) is 0 Å². The number of thiophene rings is 1. The highest BCUT2D eigenvalue weighted by Gasteiger charge is 2.34. The fraction of sp³-hybridized carbons (Fsp3) is 0.273. The van der Waals surface area contributed by atoms with E-state index in [0.717, 1.165) is 6.07 Å². The number of alkyl halides is 3. The highest BCUT2D eigenvalue weighted by molar-refractivity contribution is 7.13. The minimum atomic E-state index is -4.55. The van der Waals surface area contributed by atoms with Crippen LogP contribution >= 0.6 is 11.3 Å². The average molecular weight is 289 g/mol. The molecule has 4 nitrogen and oxygen atoms in total. The second kappa shape index (κ2) is 5.54. The molecule has 0 fully saturated rings. The molecular formula is C11H10F3N3OS. The van der Waals surface area contributed by atoms with E-state index in [1.165, 1.54) is 11.3 Å². The lowest BCUT2D eigenvalue weighted by Gasteiger charge is -2.10.